The van der Waals surface area contributed by atoms with Crippen LogP contribution in [0.1, 0.15) is 18.4 Å². The second kappa shape index (κ2) is 7.11. The minimum atomic E-state index is -0.0374. The van der Waals surface area contributed by atoms with Crippen molar-refractivity contribution in [3.05, 3.63) is 29.8 Å². The van der Waals surface area contributed by atoms with Crippen LogP contribution >= 0.6 is 0 Å². The van der Waals surface area contributed by atoms with Gasteiger partial charge in [-0.3, -0.25) is 9.69 Å². The minimum absolute atomic E-state index is 0.0374. The maximum atomic E-state index is 12.8. The van der Waals surface area contributed by atoms with E-state index in [1.807, 2.05) is 23.1 Å². The van der Waals surface area contributed by atoms with Crippen molar-refractivity contribution in [3.8, 4) is 5.75 Å². The number of ether oxygens (including phenoxy) is 2. The second-order valence-corrected chi connectivity index (χ2v) is 7.08. The summed E-state index contributed by atoms with van der Waals surface area (Å²) in [4.78, 5) is 17.3. The molecule has 130 valence electrons. The fraction of sp³-hybridized carbons (Fsp3) is 0.632. The van der Waals surface area contributed by atoms with Crippen LogP contribution in [-0.2, 0) is 16.0 Å². The molecule has 3 aliphatic heterocycles. The van der Waals surface area contributed by atoms with Crippen molar-refractivity contribution in [2.24, 2.45) is 5.92 Å². The lowest BCUT2D eigenvalue weighted by Gasteiger charge is -2.38. The van der Waals surface area contributed by atoms with Gasteiger partial charge in [0.2, 0.25) is 5.91 Å². The van der Waals surface area contributed by atoms with Crippen LogP contribution in [0.2, 0.25) is 0 Å². The van der Waals surface area contributed by atoms with Crippen LogP contribution in [0.5, 0.6) is 5.75 Å². The quantitative estimate of drug-likeness (QED) is 0.843. The van der Waals surface area contributed by atoms with E-state index < -0.39 is 0 Å². The van der Waals surface area contributed by atoms with Gasteiger partial charge >= 0.3 is 0 Å². The van der Waals surface area contributed by atoms with E-state index in [1.165, 1.54) is 12.8 Å². The lowest BCUT2D eigenvalue weighted by molar-refractivity contribution is -0.138. The average Bonchev–Trinajstić information content (AvgIpc) is 3.14. The predicted molar refractivity (Wildman–Crippen MR) is 91.1 cm³/mol. The van der Waals surface area contributed by atoms with E-state index in [9.17, 15) is 4.79 Å². The lowest BCUT2D eigenvalue weighted by Crippen LogP contribution is -2.52. The normalized spacial score (nSPS) is 27.6. The maximum absolute atomic E-state index is 12.8. The second-order valence-electron chi connectivity index (χ2n) is 7.08. The van der Waals surface area contributed by atoms with E-state index in [0.717, 1.165) is 57.1 Å². The zero-order valence-corrected chi connectivity index (χ0v) is 14.2. The van der Waals surface area contributed by atoms with E-state index >= 15 is 0 Å². The molecule has 0 spiro atoms. The molecule has 5 nitrogen and oxygen atoms in total. The third kappa shape index (κ3) is 3.42. The summed E-state index contributed by atoms with van der Waals surface area (Å²) in [6.07, 6.45) is 3.56. The Labute approximate surface area is 143 Å². The molecular weight excluding hydrogens is 304 g/mol. The highest BCUT2D eigenvalue weighted by atomic mass is 16.5. The highest BCUT2D eigenvalue weighted by Crippen LogP contribution is 2.28. The number of para-hydroxylation sites is 1. The van der Waals surface area contributed by atoms with Gasteiger partial charge < -0.3 is 14.4 Å². The van der Waals surface area contributed by atoms with Gasteiger partial charge in [0.25, 0.3) is 0 Å². The number of fused-ring (bicyclic) bond motifs is 1. The minimum Gasteiger partial charge on any atom is -0.492 e. The SMILES string of the molecule is O=C(C1COc2ccccc2C1)N1CCN(CC2CCCO2)CC1. The molecule has 0 N–H and O–H groups in total. The third-order valence-electron chi connectivity index (χ3n) is 5.40. The summed E-state index contributed by atoms with van der Waals surface area (Å²) >= 11 is 0. The number of rotatable bonds is 3. The molecule has 2 unspecified atom stereocenters. The number of amides is 1. The smallest absolute Gasteiger partial charge is 0.229 e. The summed E-state index contributed by atoms with van der Waals surface area (Å²) in [5, 5.41) is 0. The molecule has 3 aliphatic rings. The van der Waals surface area contributed by atoms with Crippen molar-refractivity contribution >= 4 is 5.91 Å². The first-order chi connectivity index (χ1) is 11.8. The Morgan fingerprint density at radius 3 is 2.79 bits per heavy atom. The van der Waals surface area contributed by atoms with Gasteiger partial charge in [-0.1, -0.05) is 18.2 Å². The maximum Gasteiger partial charge on any atom is 0.229 e. The van der Waals surface area contributed by atoms with Crippen LogP contribution in [0.4, 0.5) is 0 Å². The van der Waals surface area contributed by atoms with Crippen molar-refractivity contribution in [1.29, 1.82) is 0 Å². The zero-order valence-electron chi connectivity index (χ0n) is 14.2. The summed E-state index contributed by atoms with van der Waals surface area (Å²) < 4.78 is 11.5. The molecule has 0 radical (unpaired) electrons. The van der Waals surface area contributed by atoms with Gasteiger partial charge in [0.15, 0.2) is 0 Å². The molecule has 2 atom stereocenters. The van der Waals surface area contributed by atoms with Gasteiger partial charge in [0, 0.05) is 39.3 Å². The molecule has 1 aromatic rings. The summed E-state index contributed by atoms with van der Waals surface area (Å²) in [7, 11) is 0. The van der Waals surface area contributed by atoms with Crippen molar-refractivity contribution in [1.82, 2.24) is 9.80 Å². The molecule has 0 aromatic heterocycles. The molecule has 2 fully saturated rings. The first-order valence-electron chi connectivity index (χ1n) is 9.13. The predicted octanol–water partition coefficient (Wildman–Crippen LogP) is 1.56. The zero-order chi connectivity index (χ0) is 16.4. The summed E-state index contributed by atoms with van der Waals surface area (Å²) in [5.74, 6) is 1.15. The molecule has 5 heteroatoms. The molecule has 2 saturated heterocycles. The van der Waals surface area contributed by atoms with E-state index in [1.54, 1.807) is 0 Å². The van der Waals surface area contributed by atoms with Crippen LogP contribution in [0, 0.1) is 5.92 Å². The lowest BCUT2D eigenvalue weighted by atomic mass is 9.95. The van der Waals surface area contributed by atoms with E-state index in [-0.39, 0.29) is 11.8 Å². The highest BCUT2D eigenvalue weighted by Gasteiger charge is 2.31. The van der Waals surface area contributed by atoms with Crippen LogP contribution in [0.15, 0.2) is 24.3 Å². The van der Waals surface area contributed by atoms with Crippen molar-refractivity contribution < 1.29 is 14.3 Å². The Kier molecular flexibility index (Phi) is 4.72. The fourth-order valence-corrected chi connectivity index (χ4v) is 3.97. The molecule has 0 bridgehead atoms. The number of benzene rings is 1. The highest BCUT2D eigenvalue weighted by molar-refractivity contribution is 5.80. The monoisotopic (exact) mass is 330 g/mol. The Hall–Kier alpha value is -1.59. The van der Waals surface area contributed by atoms with E-state index in [4.69, 9.17) is 9.47 Å². The summed E-state index contributed by atoms with van der Waals surface area (Å²) in [6.45, 7) is 5.99. The van der Waals surface area contributed by atoms with Gasteiger partial charge in [-0.15, -0.1) is 0 Å². The Morgan fingerprint density at radius 1 is 1.17 bits per heavy atom. The fourth-order valence-electron chi connectivity index (χ4n) is 3.97. The van der Waals surface area contributed by atoms with Crippen molar-refractivity contribution in [2.45, 2.75) is 25.4 Å². The van der Waals surface area contributed by atoms with Gasteiger partial charge in [0.1, 0.15) is 12.4 Å². The van der Waals surface area contributed by atoms with Gasteiger partial charge in [-0.05, 0) is 30.9 Å². The van der Waals surface area contributed by atoms with E-state index in [0.29, 0.717) is 12.7 Å². The van der Waals surface area contributed by atoms with Crippen molar-refractivity contribution in [2.75, 3.05) is 45.9 Å². The topological polar surface area (TPSA) is 42.0 Å². The molecule has 1 amide bonds. The van der Waals surface area contributed by atoms with Gasteiger partial charge in [-0.25, -0.2) is 0 Å². The molecule has 1 aromatic carbocycles. The van der Waals surface area contributed by atoms with Gasteiger partial charge in [0.05, 0.1) is 12.0 Å². The first kappa shape index (κ1) is 15.9. The van der Waals surface area contributed by atoms with Gasteiger partial charge in [-0.2, -0.15) is 0 Å². The Balaban J connectivity index is 1.29. The largest absolute Gasteiger partial charge is 0.492 e. The summed E-state index contributed by atoms with van der Waals surface area (Å²) in [5.41, 5.74) is 1.15. The molecule has 4 rings (SSSR count). The van der Waals surface area contributed by atoms with Crippen LogP contribution in [0.25, 0.3) is 0 Å². The number of nitrogens with zero attached hydrogens (tertiary/aromatic N) is 2. The molecule has 3 heterocycles. The molecule has 0 aliphatic carbocycles. The van der Waals surface area contributed by atoms with E-state index in [2.05, 4.69) is 11.0 Å². The van der Waals surface area contributed by atoms with Crippen LogP contribution < -0.4 is 4.74 Å². The number of carbonyl (C=O) groups excluding carboxylic acids is 1. The third-order valence-corrected chi connectivity index (χ3v) is 5.40. The number of piperazine rings is 1. The molecular formula is C19H26N2O3. The molecule has 24 heavy (non-hydrogen) atoms. The number of carbonyl (C=O) groups is 1. The Morgan fingerprint density at radius 2 is 2.00 bits per heavy atom. The standard InChI is InChI=1S/C19H26N2O3/c22-19(16-12-15-4-1-2-6-18(15)24-14-16)21-9-7-20(8-10-21)13-17-5-3-11-23-17/h1-2,4,6,16-17H,3,5,7-14H2. The van der Waals surface area contributed by atoms with Crippen LogP contribution in [0.3, 0.4) is 0 Å². The van der Waals surface area contributed by atoms with Crippen LogP contribution in [-0.4, -0.2) is 67.7 Å². The number of hydrogen-bond donors (Lipinski definition) is 0. The van der Waals surface area contributed by atoms with Crippen molar-refractivity contribution in [3.63, 3.8) is 0 Å². The summed E-state index contributed by atoms with van der Waals surface area (Å²) in [6, 6.07) is 8.04. The Bertz CT molecular complexity index is 578. The molecule has 0 saturated carbocycles. The average molecular weight is 330 g/mol. The first-order valence-corrected chi connectivity index (χ1v) is 9.13. The number of hydrogen-bond acceptors (Lipinski definition) is 4.